The lowest BCUT2D eigenvalue weighted by Crippen LogP contribution is -2.12. The first-order valence-corrected chi connectivity index (χ1v) is 9.36. The second kappa shape index (κ2) is 8.63. The molecule has 0 atom stereocenters. The summed E-state index contributed by atoms with van der Waals surface area (Å²) in [6.45, 7) is 2.17. The van der Waals surface area contributed by atoms with Gasteiger partial charge in [0, 0.05) is 28.9 Å². The number of anilines is 1. The minimum atomic E-state index is -0.543. The van der Waals surface area contributed by atoms with Crippen molar-refractivity contribution in [2.75, 3.05) is 18.5 Å². The lowest BCUT2D eigenvalue weighted by molar-refractivity contribution is 0.0521. The van der Waals surface area contributed by atoms with Crippen molar-refractivity contribution in [2.24, 2.45) is 0 Å². The summed E-state index contributed by atoms with van der Waals surface area (Å²) in [7, 11) is 0. The van der Waals surface area contributed by atoms with Gasteiger partial charge in [-0.1, -0.05) is 23.2 Å². The average Bonchev–Trinajstić information content (AvgIpc) is 3.01. The van der Waals surface area contributed by atoms with Gasteiger partial charge in [0.1, 0.15) is 11.5 Å². The third kappa shape index (κ3) is 4.29. The van der Waals surface area contributed by atoms with Crippen LogP contribution in [0.5, 0.6) is 0 Å². The van der Waals surface area contributed by atoms with Crippen LogP contribution >= 0.6 is 23.2 Å². The number of benzene rings is 2. The van der Waals surface area contributed by atoms with Crippen LogP contribution < -0.4 is 5.32 Å². The highest BCUT2D eigenvalue weighted by atomic mass is 35.5. The Morgan fingerprint density at radius 1 is 1.18 bits per heavy atom. The van der Waals surface area contributed by atoms with Crippen LogP contribution in [0.2, 0.25) is 10.0 Å². The Balaban J connectivity index is 1.84. The van der Waals surface area contributed by atoms with Crippen molar-refractivity contribution in [3.63, 3.8) is 0 Å². The van der Waals surface area contributed by atoms with E-state index in [1.54, 1.807) is 19.1 Å². The molecule has 1 heterocycles. The van der Waals surface area contributed by atoms with Crippen molar-refractivity contribution in [2.45, 2.75) is 13.3 Å². The molecule has 0 aliphatic heterocycles. The van der Waals surface area contributed by atoms with E-state index in [2.05, 4.69) is 10.3 Å². The number of ether oxygens (including phenoxy) is 1. The van der Waals surface area contributed by atoms with E-state index in [1.165, 1.54) is 24.3 Å². The molecule has 8 heteroatoms. The van der Waals surface area contributed by atoms with E-state index in [4.69, 9.17) is 27.9 Å². The zero-order valence-electron chi connectivity index (χ0n) is 14.9. The number of Topliss-reactive ketones (excluding diaryl/α,β-unsaturated/α-hetero) is 1. The lowest BCUT2D eigenvalue weighted by Gasteiger charge is -2.09. The SMILES string of the molecule is CCOC(=O)c1[nH]c2cc(Cl)cc(Cl)c2c1NCCC(=O)c1ccc(F)cc1. The number of halogens is 3. The van der Waals surface area contributed by atoms with E-state index in [0.717, 1.165) is 0 Å². The topological polar surface area (TPSA) is 71.2 Å². The summed E-state index contributed by atoms with van der Waals surface area (Å²) in [5, 5.41) is 4.47. The van der Waals surface area contributed by atoms with Gasteiger partial charge in [0.15, 0.2) is 5.78 Å². The van der Waals surface area contributed by atoms with Crippen molar-refractivity contribution >= 4 is 51.5 Å². The Morgan fingerprint density at radius 2 is 1.89 bits per heavy atom. The molecule has 28 heavy (non-hydrogen) atoms. The van der Waals surface area contributed by atoms with Gasteiger partial charge >= 0.3 is 5.97 Å². The summed E-state index contributed by atoms with van der Waals surface area (Å²) in [6, 6.07) is 8.58. The summed E-state index contributed by atoms with van der Waals surface area (Å²) >= 11 is 12.4. The van der Waals surface area contributed by atoms with Gasteiger partial charge in [0.2, 0.25) is 0 Å². The number of rotatable bonds is 7. The minimum absolute atomic E-state index is 0.145. The predicted octanol–water partition coefficient (Wildman–Crippen LogP) is 5.48. The van der Waals surface area contributed by atoms with Crippen molar-refractivity contribution in [3.05, 3.63) is 63.5 Å². The highest BCUT2D eigenvalue weighted by Crippen LogP contribution is 2.36. The molecule has 0 radical (unpaired) electrons. The third-order valence-corrected chi connectivity index (χ3v) is 4.63. The fraction of sp³-hybridized carbons (Fsp3) is 0.200. The van der Waals surface area contributed by atoms with Gasteiger partial charge < -0.3 is 15.0 Å². The number of hydrogen-bond acceptors (Lipinski definition) is 4. The van der Waals surface area contributed by atoms with Crippen LogP contribution in [0.3, 0.4) is 0 Å². The van der Waals surface area contributed by atoms with E-state index in [9.17, 15) is 14.0 Å². The van der Waals surface area contributed by atoms with Gasteiger partial charge in [-0.2, -0.15) is 0 Å². The first kappa shape index (κ1) is 20.2. The molecule has 2 aromatic carbocycles. The van der Waals surface area contributed by atoms with Crippen LogP contribution in [-0.2, 0) is 4.74 Å². The van der Waals surface area contributed by atoms with Gasteiger partial charge in [0.25, 0.3) is 0 Å². The molecule has 1 aromatic heterocycles. The van der Waals surface area contributed by atoms with Gasteiger partial charge in [-0.25, -0.2) is 9.18 Å². The number of hydrogen-bond donors (Lipinski definition) is 2. The first-order valence-electron chi connectivity index (χ1n) is 8.61. The Labute approximate surface area is 170 Å². The van der Waals surface area contributed by atoms with Crippen LogP contribution in [0.1, 0.15) is 34.2 Å². The summed E-state index contributed by atoms with van der Waals surface area (Å²) in [6.07, 6.45) is 0.145. The fourth-order valence-electron chi connectivity index (χ4n) is 2.86. The molecule has 3 aromatic rings. The highest BCUT2D eigenvalue weighted by Gasteiger charge is 2.21. The van der Waals surface area contributed by atoms with Crippen molar-refractivity contribution < 1.29 is 18.7 Å². The van der Waals surface area contributed by atoms with Crippen LogP contribution in [0.15, 0.2) is 36.4 Å². The minimum Gasteiger partial charge on any atom is -0.461 e. The Morgan fingerprint density at radius 3 is 2.57 bits per heavy atom. The number of carbonyl (C=O) groups excluding carboxylic acids is 2. The van der Waals surface area contributed by atoms with E-state index >= 15 is 0 Å². The van der Waals surface area contributed by atoms with Gasteiger partial charge in [-0.3, -0.25) is 4.79 Å². The maximum absolute atomic E-state index is 13.0. The number of H-pyrrole nitrogens is 1. The van der Waals surface area contributed by atoms with Crippen LogP contribution in [0, 0.1) is 5.82 Å². The Bertz CT molecular complexity index is 1030. The summed E-state index contributed by atoms with van der Waals surface area (Å²) in [5.74, 6) is -1.10. The molecule has 0 unspecified atom stereocenters. The molecule has 0 aliphatic rings. The molecule has 0 bridgehead atoms. The molecular weight excluding hydrogens is 406 g/mol. The van der Waals surface area contributed by atoms with Crippen molar-refractivity contribution in [3.8, 4) is 0 Å². The predicted molar refractivity (Wildman–Crippen MR) is 108 cm³/mol. The molecule has 0 spiro atoms. The summed E-state index contributed by atoms with van der Waals surface area (Å²) in [4.78, 5) is 27.6. The van der Waals surface area contributed by atoms with Gasteiger partial charge in [-0.15, -0.1) is 0 Å². The maximum Gasteiger partial charge on any atom is 0.356 e. The number of esters is 1. The quantitative estimate of drug-likeness (QED) is 0.390. The standard InChI is InChI=1S/C20H17Cl2FN2O3/c1-2-28-20(27)19-18(17-14(22)9-12(21)10-15(17)25-19)24-8-7-16(26)11-3-5-13(23)6-4-11/h3-6,9-10,24-25H,2,7-8H2,1H3. The highest BCUT2D eigenvalue weighted by molar-refractivity contribution is 6.40. The third-order valence-electron chi connectivity index (χ3n) is 4.11. The summed E-state index contributed by atoms with van der Waals surface area (Å²) in [5.41, 5.74) is 1.64. The zero-order valence-corrected chi connectivity index (χ0v) is 16.5. The second-order valence-electron chi connectivity index (χ2n) is 6.01. The van der Waals surface area contributed by atoms with Crippen molar-refractivity contribution in [1.29, 1.82) is 0 Å². The number of ketones is 1. The normalized spacial score (nSPS) is 10.9. The van der Waals surface area contributed by atoms with E-state index in [0.29, 0.717) is 32.2 Å². The first-order chi connectivity index (χ1) is 13.4. The molecular formula is C20H17Cl2FN2O3. The number of aromatic nitrogens is 1. The van der Waals surface area contributed by atoms with E-state index in [-0.39, 0.29) is 31.0 Å². The number of nitrogens with one attached hydrogen (secondary N) is 2. The molecule has 146 valence electrons. The molecule has 3 rings (SSSR count). The zero-order chi connectivity index (χ0) is 20.3. The number of carbonyl (C=O) groups is 2. The number of aromatic amines is 1. The molecule has 0 amide bonds. The van der Waals surface area contributed by atoms with E-state index < -0.39 is 11.8 Å². The fourth-order valence-corrected chi connectivity index (χ4v) is 3.45. The van der Waals surface area contributed by atoms with Gasteiger partial charge in [-0.05, 0) is 43.3 Å². The molecule has 0 saturated heterocycles. The smallest absolute Gasteiger partial charge is 0.356 e. The summed E-state index contributed by atoms with van der Waals surface area (Å²) < 4.78 is 18.1. The number of fused-ring (bicyclic) bond motifs is 1. The second-order valence-corrected chi connectivity index (χ2v) is 6.86. The Hall–Kier alpha value is -2.57. The van der Waals surface area contributed by atoms with E-state index in [1.807, 2.05) is 0 Å². The monoisotopic (exact) mass is 422 g/mol. The maximum atomic E-state index is 13.0. The molecule has 0 fully saturated rings. The van der Waals surface area contributed by atoms with Crippen LogP contribution in [0.4, 0.5) is 10.1 Å². The van der Waals surface area contributed by atoms with Crippen LogP contribution in [0.25, 0.3) is 10.9 Å². The van der Waals surface area contributed by atoms with Crippen LogP contribution in [-0.4, -0.2) is 29.9 Å². The van der Waals surface area contributed by atoms with Crippen molar-refractivity contribution in [1.82, 2.24) is 4.98 Å². The molecule has 0 aliphatic carbocycles. The molecule has 2 N–H and O–H groups in total. The lowest BCUT2D eigenvalue weighted by atomic mass is 10.1. The molecule has 5 nitrogen and oxygen atoms in total. The largest absolute Gasteiger partial charge is 0.461 e. The Kier molecular flexibility index (Phi) is 6.21. The average molecular weight is 423 g/mol. The molecule has 0 saturated carbocycles. The van der Waals surface area contributed by atoms with Gasteiger partial charge in [0.05, 0.1) is 22.8 Å².